The number of carbonyl (C=O) groups is 1. The molecule has 4 nitrogen and oxygen atoms in total. The summed E-state index contributed by atoms with van der Waals surface area (Å²) >= 11 is 2.21. The molecular weight excluding hydrogens is 439 g/mol. The standard InChI is InChI=1S/C21H25IN2O2/c1-3-19(22)10-9-17(2)24-16-21(26-20(24)25)11-13-23(14-12-21)15-18-7-5-4-6-8-18/h3-10H,1,11-16H2,2H3/b17-9+,19-10+. The van der Waals surface area contributed by atoms with Gasteiger partial charge in [-0.05, 0) is 47.2 Å². The van der Waals surface area contributed by atoms with Gasteiger partial charge in [-0.15, -0.1) is 0 Å². The van der Waals surface area contributed by atoms with Crippen LogP contribution in [0.4, 0.5) is 4.79 Å². The number of allylic oxidation sites excluding steroid dienone is 5. The topological polar surface area (TPSA) is 32.8 Å². The summed E-state index contributed by atoms with van der Waals surface area (Å²) in [4.78, 5) is 16.6. The molecule has 0 aliphatic carbocycles. The van der Waals surface area contributed by atoms with Crippen molar-refractivity contribution in [1.82, 2.24) is 9.80 Å². The molecule has 2 saturated heterocycles. The van der Waals surface area contributed by atoms with E-state index in [-0.39, 0.29) is 11.7 Å². The Morgan fingerprint density at radius 2 is 1.96 bits per heavy atom. The molecule has 26 heavy (non-hydrogen) atoms. The Hall–Kier alpha value is -1.60. The largest absolute Gasteiger partial charge is 0.441 e. The van der Waals surface area contributed by atoms with E-state index < -0.39 is 0 Å². The number of rotatable bonds is 5. The summed E-state index contributed by atoms with van der Waals surface area (Å²) in [6.45, 7) is 9.20. The van der Waals surface area contributed by atoms with E-state index in [4.69, 9.17) is 4.74 Å². The van der Waals surface area contributed by atoms with Crippen LogP contribution in [0.2, 0.25) is 0 Å². The summed E-state index contributed by atoms with van der Waals surface area (Å²) in [7, 11) is 0. The average Bonchev–Trinajstić information content (AvgIpc) is 2.98. The van der Waals surface area contributed by atoms with Gasteiger partial charge in [0.15, 0.2) is 0 Å². The van der Waals surface area contributed by atoms with Crippen molar-refractivity contribution in [3.63, 3.8) is 0 Å². The highest BCUT2D eigenvalue weighted by atomic mass is 127. The molecule has 0 aromatic heterocycles. The summed E-state index contributed by atoms with van der Waals surface area (Å²) < 4.78 is 6.87. The Bertz CT molecular complexity index is 719. The molecule has 2 aliphatic heterocycles. The normalized spacial score (nSPS) is 21.2. The van der Waals surface area contributed by atoms with Crippen LogP contribution in [0, 0.1) is 0 Å². The third-order valence-corrected chi connectivity index (χ3v) is 5.89. The lowest BCUT2D eigenvalue weighted by Crippen LogP contribution is -2.46. The molecule has 0 bridgehead atoms. The monoisotopic (exact) mass is 464 g/mol. The van der Waals surface area contributed by atoms with Gasteiger partial charge in [-0.25, -0.2) is 4.79 Å². The first-order chi connectivity index (χ1) is 12.5. The van der Waals surface area contributed by atoms with Crippen LogP contribution in [0.5, 0.6) is 0 Å². The van der Waals surface area contributed by atoms with Crippen LogP contribution < -0.4 is 0 Å². The van der Waals surface area contributed by atoms with E-state index in [1.54, 1.807) is 11.0 Å². The summed E-state index contributed by atoms with van der Waals surface area (Å²) in [5.41, 5.74) is 1.90. The molecule has 1 amide bonds. The number of likely N-dealkylation sites (tertiary alicyclic amines) is 1. The van der Waals surface area contributed by atoms with Gasteiger partial charge in [-0.2, -0.15) is 0 Å². The first-order valence-electron chi connectivity index (χ1n) is 8.95. The van der Waals surface area contributed by atoms with E-state index in [2.05, 4.69) is 58.3 Å². The maximum absolute atomic E-state index is 12.4. The number of benzene rings is 1. The first-order valence-corrected chi connectivity index (χ1v) is 10.0. The SMILES string of the molecule is C=C/C(I)=C\C=C(/C)N1CC2(CCN(Cc3ccccc3)CC2)OC1=O. The van der Waals surface area contributed by atoms with Gasteiger partial charge in [0.25, 0.3) is 0 Å². The van der Waals surface area contributed by atoms with Crippen LogP contribution in [0.3, 0.4) is 0 Å². The summed E-state index contributed by atoms with van der Waals surface area (Å²) in [5, 5.41) is 0. The lowest BCUT2D eigenvalue weighted by Gasteiger charge is -2.37. The summed E-state index contributed by atoms with van der Waals surface area (Å²) in [6, 6.07) is 10.5. The minimum atomic E-state index is -0.339. The molecule has 1 aromatic carbocycles. The highest BCUT2D eigenvalue weighted by Gasteiger charge is 2.47. The van der Waals surface area contributed by atoms with Crippen LogP contribution >= 0.6 is 22.6 Å². The second-order valence-corrected chi connectivity index (χ2v) is 8.21. The molecule has 138 valence electrons. The zero-order valence-electron chi connectivity index (χ0n) is 15.2. The molecular formula is C21H25IN2O2. The fourth-order valence-electron chi connectivity index (χ4n) is 3.47. The Labute approximate surface area is 169 Å². The van der Waals surface area contributed by atoms with E-state index in [1.807, 2.05) is 25.1 Å². The van der Waals surface area contributed by atoms with Gasteiger partial charge in [0, 0.05) is 41.8 Å². The molecule has 2 aliphatic rings. The predicted molar refractivity (Wildman–Crippen MR) is 113 cm³/mol. The minimum absolute atomic E-state index is 0.225. The molecule has 3 rings (SSSR count). The smallest absolute Gasteiger partial charge is 0.414 e. The highest BCUT2D eigenvalue weighted by Crippen LogP contribution is 2.35. The van der Waals surface area contributed by atoms with Crippen molar-refractivity contribution >= 4 is 28.7 Å². The fraction of sp³-hybridized carbons (Fsp3) is 0.381. The van der Waals surface area contributed by atoms with Gasteiger partial charge >= 0.3 is 6.09 Å². The Morgan fingerprint density at radius 3 is 2.62 bits per heavy atom. The zero-order valence-corrected chi connectivity index (χ0v) is 17.3. The van der Waals surface area contributed by atoms with E-state index >= 15 is 0 Å². The number of carbonyl (C=O) groups excluding carboxylic acids is 1. The Kier molecular flexibility index (Phi) is 6.19. The zero-order chi connectivity index (χ0) is 18.6. The Morgan fingerprint density at radius 1 is 1.27 bits per heavy atom. The van der Waals surface area contributed by atoms with Gasteiger partial charge in [0.2, 0.25) is 0 Å². The van der Waals surface area contributed by atoms with Crippen molar-refractivity contribution in [2.24, 2.45) is 0 Å². The van der Waals surface area contributed by atoms with Crippen molar-refractivity contribution in [3.8, 4) is 0 Å². The van der Waals surface area contributed by atoms with Crippen molar-refractivity contribution < 1.29 is 9.53 Å². The lowest BCUT2D eigenvalue weighted by atomic mass is 9.91. The van der Waals surface area contributed by atoms with Crippen LogP contribution in [0.25, 0.3) is 0 Å². The molecule has 1 aromatic rings. The van der Waals surface area contributed by atoms with Crippen LogP contribution in [-0.2, 0) is 11.3 Å². The van der Waals surface area contributed by atoms with Crippen molar-refractivity contribution in [2.45, 2.75) is 31.9 Å². The molecule has 0 unspecified atom stereocenters. The summed E-state index contributed by atoms with van der Waals surface area (Å²) in [5.74, 6) is 0. The predicted octanol–water partition coefficient (Wildman–Crippen LogP) is 4.88. The van der Waals surface area contributed by atoms with Crippen LogP contribution in [-0.4, -0.2) is 41.1 Å². The molecule has 2 heterocycles. The number of nitrogens with zero attached hydrogens (tertiary/aromatic N) is 2. The van der Waals surface area contributed by atoms with Crippen LogP contribution in [0.1, 0.15) is 25.3 Å². The van der Waals surface area contributed by atoms with E-state index in [9.17, 15) is 4.79 Å². The van der Waals surface area contributed by atoms with Crippen molar-refractivity contribution in [3.05, 3.63) is 70.0 Å². The number of amides is 1. The molecule has 0 saturated carbocycles. The van der Waals surface area contributed by atoms with Gasteiger partial charge in [0.1, 0.15) is 5.60 Å². The van der Waals surface area contributed by atoms with Crippen molar-refractivity contribution in [2.75, 3.05) is 19.6 Å². The lowest BCUT2D eigenvalue weighted by molar-refractivity contribution is -0.00118. The van der Waals surface area contributed by atoms with Gasteiger partial charge in [-0.3, -0.25) is 9.80 Å². The van der Waals surface area contributed by atoms with Crippen molar-refractivity contribution in [1.29, 1.82) is 0 Å². The quantitative estimate of drug-likeness (QED) is 0.460. The number of hydrogen-bond donors (Lipinski definition) is 0. The molecule has 5 heteroatoms. The number of halogens is 1. The maximum Gasteiger partial charge on any atom is 0.414 e. The van der Waals surface area contributed by atoms with Gasteiger partial charge < -0.3 is 4.74 Å². The average molecular weight is 464 g/mol. The molecule has 0 radical (unpaired) electrons. The molecule has 1 spiro atoms. The second-order valence-electron chi connectivity index (χ2n) is 6.96. The molecule has 2 fully saturated rings. The maximum atomic E-state index is 12.4. The van der Waals surface area contributed by atoms with E-state index in [0.29, 0.717) is 6.54 Å². The second kappa shape index (κ2) is 8.39. The number of hydrogen-bond acceptors (Lipinski definition) is 3. The minimum Gasteiger partial charge on any atom is -0.441 e. The number of ether oxygens (including phenoxy) is 1. The van der Waals surface area contributed by atoms with E-state index in [1.165, 1.54) is 5.56 Å². The first kappa shape index (κ1) is 19.2. The van der Waals surface area contributed by atoms with E-state index in [0.717, 1.165) is 41.8 Å². The summed E-state index contributed by atoms with van der Waals surface area (Å²) in [6.07, 6.45) is 7.25. The third kappa shape index (κ3) is 4.57. The highest BCUT2D eigenvalue weighted by molar-refractivity contribution is 14.1. The van der Waals surface area contributed by atoms with Gasteiger partial charge in [0.05, 0.1) is 6.54 Å². The molecule has 0 atom stereocenters. The fourth-order valence-corrected chi connectivity index (χ4v) is 3.65. The molecule has 0 N–H and O–H groups in total. The van der Waals surface area contributed by atoms with Gasteiger partial charge in [-0.1, -0.05) is 43.0 Å². The number of piperidine rings is 1. The van der Waals surface area contributed by atoms with Crippen LogP contribution in [0.15, 0.2) is 64.4 Å². The third-order valence-electron chi connectivity index (χ3n) is 5.09. The Balaban J connectivity index is 1.59.